The molecule has 1 aliphatic heterocycles. The molecular weight excluding hydrogens is 364 g/mol. The van der Waals surface area contributed by atoms with Gasteiger partial charge in [0, 0.05) is 50.5 Å². The molecule has 142 valence electrons. The van der Waals surface area contributed by atoms with Crippen LogP contribution in [-0.2, 0) is 6.54 Å². The summed E-state index contributed by atoms with van der Waals surface area (Å²) in [6.45, 7) is 4.29. The molecule has 0 saturated carbocycles. The Morgan fingerprint density at radius 1 is 1.19 bits per heavy atom. The topological polar surface area (TPSA) is 70.9 Å². The number of thiocarbonyl (C=S) groups is 1. The Balaban J connectivity index is 1.51. The molecule has 7 nitrogen and oxygen atoms in total. The van der Waals surface area contributed by atoms with Crippen LogP contribution in [0, 0.1) is 10.1 Å². The van der Waals surface area contributed by atoms with Gasteiger partial charge >= 0.3 is 0 Å². The Morgan fingerprint density at radius 3 is 2.63 bits per heavy atom. The highest BCUT2D eigenvalue weighted by atomic mass is 32.1. The zero-order valence-corrected chi connectivity index (χ0v) is 15.9. The Hall–Kier alpha value is -2.71. The van der Waals surface area contributed by atoms with Gasteiger partial charge in [0.05, 0.1) is 12.0 Å². The Kier molecular flexibility index (Phi) is 6.20. The molecule has 3 rings (SSSR count). The van der Waals surface area contributed by atoms with E-state index in [2.05, 4.69) is 27.2 Å². The molecule has 1 fully saturated rings. The van der Waals surface area contributed by atoms with Crippen LogP contribution in [-0.4, -0.2) is 53.1 Å². The van der Waals surface area contributed by atoms with Crippen LogP contribution < -0.4 is 10.1 Å². The maximum absolute atomic E-state index is 10.9. The number of rotatable bonds is 5. The average Bonchev–Trinajstić information content (AvgIpc) is 2.69. The zero-order chi connectivity index (χ0) is 19.2. The summed E-state index contributed by atoms with van der Waals surface area (Å²) in [6, 6.07) is 14.5. The van der Waals surface area contributed by atoms with Gasteiger partial charge in [0.2, 0.25) is 0 Å². The molecule has 0 aliphatic carbocycles. The second-order valence-corrected chi connectivity index (χ2v) is 6.74. The second-order valence-electron chi connectivity index (χ2n) is 6.35. The number of hydrogen-bond donors (Lipinski definition) is 1. The van der Waals surface area contributed by atoms with E-state index in [1.807, 2.05) is 12.1 Å². The number of non-ortho nitro benzene ring substituents is 1. The number of nitrogens with one attached hydrogen (secondary N) is 1. The van der Waals surface area contributed by atoms with Crippen molar-refractivity contribution in [2.24, 2.45) is 0 Å². The third-order valence-electron chi connectivity index (χ3n) is 4.51. The minimum absolute atomic E-state index is 0.0471. The Labute approximate surface area is 163 Å². The van der Waals surface area contributed by atoms with Crippen LogP contribution >= 0.6 is 12.2 Å². The summed E-state index contributed by atoms with van der Waals surface area (Å²) >= 11 is 5.48. The quantitative estimate of drug-likeness (QED) is 0.481. The maximum atomic E-state index is 10.9. The van der Waals surface area contributed by atoms with Crippen LogP contribution in [0.4, 0.5) is 11.4 Å². The summed E-state index contributed by atoms with van der Waals surface area (Å²) in [5.74, 6) is 0.869. The SMILES string of the molecule is COc1cccc(CN2CCN(C(=S)Nc3cccc([N+](=O)[O-])c3)CC2)c1. The molecule has 0 atom stereocenters. The van der Waals surface area contributed by atoms with E-state index in [1.54, 1.807) is 19.2 Å². The van der Waals surface area contributed by atoms with Crippen LogP contribution in [0.25, 0.3) is 0 Å². The van der Waals surface area contributed by atoms with Crippen molar-refractivity contribution in [2.45, 2.75) is 6.54 Å². The molecule has 0 radical (unpaired) electrons. The van der Waals surface area contributed by atoms with Gasteiger partial charge in [-0.25, -0.2) is 0 Å². The minimum atomic E-state index is -0.411. The standard InChI is InChI=1S/C19H22N4O3S/c1-26-18-7-2-4-15(12-18)14-21-8-10-22(11-9-21)19(27)20-16-5-3-6-17(13-16)23(24)25/h2-7,12-13H,8-11,14H2,1H3,(H,20,27). The maximum Gasteiger partial charge on any atom is 0.271 e. The van der Waals surface area contributed by atoms with Crippen molar-refractivity contribution in [3.8, 4) is 5.75 Å². The molecule has 1 N–H and O–H groups in total. The van der Waals surface area contributed by atoms with E-state index in [4.69, 9.17) is 17.0 Å². The molecule has 0 spiro atoms. The van der Waals surface area contributed by atoms with Gasteiger partial charge in [-0.2, -0.15) is 0 Å². The van der Waals surface area contributed by atoms with Gasteiger partial charge in [-0.1, -0.05) is 18.2 Å². The van der Waals surface area contributed by atoms with Gasteiger partial charge in [-0.3, -0.25) is 15.0 Å². The Bertz CT molecular complexity index is 822. The van der Waals surface area contributed by atoms with Crippen molar-refractivity contribution in [1.29, 1.82) is 0 Å². The molecule has 2 aromatic carbocycles. The fourth-order valence-corrected chi connectivity index (χ4v) is 3.34. The van der Waals surface area contributed by atoms with E-state index in [-0.39, 0.29) is 5.69 Å². The molecule has 0 unspecified atom stereocenters. The van der Waals surface area contributed by atoms with Crippen LogP contribution in [0.5, 0.6) is 5.75 Å². The van der Waals surface area contributed by atoms with E-state index < -0.39 is 4.92 Å². The summed E-state index contributed by atoms with van der Waals surface area (Å²) in [4.78, 5) is 14.9. The van der Waals surface area contributed by atoms with E-state index in [9.17, 15) is 10.1 Å². The number of piperazine rings is 1. The predicted molar refractivity (Wildman–Crippen MR) is 109 cm³/mol. The van der Waals surface area contributed by atoms with Crippen LogP contribution in [0.2, 0.25) is 0 Å². The molecule has 0 aromatic heterocycles. The van der Waals surface area contributed by atoms with Gasteiger partial charge in [-0.15, -0.1) is 0 Å². The molecular formula is C19H22N4O3S. The number of benzene rings is 2. The van der Waals surface area contributed by atoms with E-state index >= 15 is 0 Å². The summed E-state index contributed by atoms with van der Waals surface area (Å²) in [7, 11) is 1.67. The van der Waals surface area contributed by atoms with E-state index in [0.29, 0.717) is 10.8 Å². The van der Waals surface area contributed by atoms with Crippen molar-refractivity contribution in [3.63, 3.8) is 0 Å². The number of hydrogen-bond acceptors (Lipinski definition) is 5. The molecule has 1 aliphatic rings. The summed E-state index contributed by atoms with van der Waals surface area (Å²) in [5, 5.41) is 14.6. The summed E-state index contributed by atoms with van der Waals surface area (Å²) in [5.41, 5.74) is 1.90. The van der Waals surface area contributed by atoms with Crippen molar-refractivity contribution in [1.82, 2.24) is 9.80 Å². The van der Waals surface area contributed by atoms with Crippen molar-refractivity contribution >= 4 is 28.7 Å². The normalized spacial score (nSPS) is 14.6. The lowest BCUT2D eigenvalue weighted by molar-refractivity contribution is -0.384. The highest BCUT2D eigenvalue weighted by Gasteiger charge is 2.19. The van der Waals surface area contributed by atoms with Gasteiger partial charge in [0.1, 0.15) is 5.75 Å². The zero-order valence-electron chi connectivity index (χ0n) is 15.1. The number of nitro groups is 1. The van der Waals surface area contributed by atoms with Crippen LogP contribution in [0.15, 0.2) is 48.5 Å². The number of nitro benzene ring substituents is 1. The molecule has 2 aromatic rings. The van der Waals surface area contributed by atoms with E-state index in [0.717, 1.165) is 38.5 Å². The number of anilines is 1. The first-order chi connectivity index (χ1) is 13.0. The Morgan fingerprint density at radius 2 is 1.93 bits per heavy atom. The predicted octanol–water partition coefficient (Wildman–Crippen LogP) is 3.12. The molecule has 0 bridgehead atoms. The van der Waals surface area contributed by atoms with E-state index in [1.165, 1.54) is 17.7 Å². The number of ether oxygens (including phenoxy) is 1. The highest BCUT2D eigenvalue weighted by molar-refractivity contribution is 7.80. The van der Waals surface area contributed by atoms with Crippen LogP contribution in [0.1, 0.15) is 5.56 Å². The lowest BCUT2D eigenvalue weighted by atomic mass is 10.2. The monoisotopic (exact) mass is 386 g/mol. The second kappa shape index (κ2) is 8.79. The highest BCUT2D eigenvalue weighted by Crippen LogP contribution is 2.19. The molecule has 27 heavy (non-hydrogen) atoms. The van der Waals surface area contributed by atoms with Gasteiger partial charge in [0.15, 0.2) is 5.11 Å². The fourth-order valence-electron chi connectivity index (χ4n) is 3.04. The first kappa shape index (κ1) is 19.1. The van der Waals surface area contributed by atoms with Crippen molar-refractivity contribution in [2.75, 3.05) is 38.6 Å². The van der Waals surface area contributed by atoms with Crippen molar-refractivity contribution in [3.05, 3.63) is 64.2 Å². The van der Waals surface area contributed by atoms with Gasteiger partial charge < -0.3 is 15.0 Å². The third kappa shape index (κ3) is 5.15. The van der Waals surface area contributed by atoms with Crippen LogP contribution in [0.3, 0.4) is 0 Å². The lowest BCUT2D eigenvalue weighted by Gasteiger charge is -2.36. The fraction of sp³-hybridized carbons (Fsp3) is 0.316. The molecule has 1 saturated heterocycles. The average molecular weight is 386 g/mol. The first-order valence-corrected chi connectivity index (χ1v) is 9.11. The molecule has 8 heteroatoms. The summed E-state index contributed by atoms with van der Waals surface area (Å²) < 4.78 is 5.28. The third-order valence-corrected chi connectivity index (χ3v) is 4.87. The summed E-state index contributed by atoms with van der Waals surface area (Å²) in [6.07, 6.45) is 0. The number of nitrogens with zero attached hydrogens (tertiary/aromatic N) is 3. The molecule has 0 amide bonds. The van der Waals surface area contributed by atoms with Crippen molar-refractivity contribution < 1.29 is 9.66 Å². The largest absolute Gasteiger partial charge is 0.497 e. The van der Waals surface area contributed by atoms with Gasteiger partial charge in [-0.05, 0) is 36.0 Å². The lowest BCUT2D eigenvalue weighted by Crippen LogP contribution is -2.49. The minimum Gasteiger partial charge on any atom is -0.497 e. The smallest absolute Gasteiger partial charge is 0.271 e. The first-order valence-electron chi connectivity index (χ1n) is 8.71. The van der Waals surface area contributed by atoms with Gasteiger partial charge in [0.25, 0.3) is 5.69 Å². The number of methoxy groups -OCH3 is 1. The molecule has 1 heterocycles.